The Labute approximate surface area is 174 Å². The van der Waals surface area contributed by atoms with Gasteiger partial charge in [-0.1, -0.05) is 0 Å². The highest BCUT2D eigenvalue weighted by Gasteiger charge is 2.28. The lowest BCUT2D eigenvalue weighted by atomic mass is 9.98. The molecule has 0 spiro atoms. The fraction of sp³-hybridized carbons (Fsp3) is 0.524. The lowest BCUT2D eigenvalue weighted by Crippen LogP contribution is -2.40. The molecule has 1 aliphatic carbocycles. The summed E-state index contributed by atoms with van der Waals surface area (Å²) in [5, 5.41) is 4.36. The highest BCUT2D eigenvalue weighted by molar-refractivity contribution is 5.91. The molecule has 4 heterocycles. The van der Waals surface area contributed by atoms with E-state index in [1.807, 2.05) is 30.9 Å². The number of amides is 1. The van der Waals surface area contributed by atoms with Crippen LogP contribution in [0.15, 0.2) is 18.5 Å². The number of carbonyl (C=O) groups excluding carboxylic acids is 1. The van der Waals surface area contributed by atoms with Crippen molar-refractivity contribution in [2.45, 2.75) is 45.4 Å². The van der Waals surface area contributed by atoms with Crippen LogP contribution in [0, 0.1) is 19.8 Å². The van der Waals surface area contributed by atoms with E-state index < -0.39 is 0 Å². The molecule has 0 aromatic carbocycles. The predicted molar refractivity (Wildman–Crippen MR) is 108 cm³/mol. The Morgan fingerprint density at radius 2 is 1.90 bits per heavy atom. The molecular formula is C21H25N7O2. The van der Waals surface area contributed by atoms with Crippen LogP contribution in [-0.2, 0) is 0 Å². The second-order valence-corrected chi connectivity index (χ2v) is 8.29. The van der Waals surface area contributed by atoms with Gasteiger partial charge in [-0.3, -0.25) is 4.79 Å². The summed E-state index contributed by atoms with van der Waals surface area (Å²) in [6.45, 7) is 5.79. The highest BCUT2D eigenvalue weighted by atomic mass is 16.5. The van der Waals surface area contributed by atoms with E-state index in [2.05, 4.69) is 25.0 Å². The van der Waals surface area contributed by atoms with Crippen LogP contribution >= 0.6 is 0 Å². The SMILES string of the molecule is Cc1cc(C)n2nc(C(=O)N3CCC(COc4cc(C5CC5)ncn4)CC3)nc2n1. The lowest BCUT2D eigenvalue weighted by Gasteiger charge is -2.31. The molecule has 0 unspecified atom stereocenters. The first kappa shape index (κ1) is 18.9. The monoisotopic (exact) mass is 407 g/mol. The molecule has 9 heteroatoms. The van der Waals surface area contributed by atoms with E-state index in [1.54, 1.807) is 10.8 Å². The Kier molecular flexibility index (Phi) is 4.80. The van der Waals surface area contributed by atoms with Crippen molar-refractivity contribution in [2.24, 2.45) is 5.92 Å². The van der Waals surface area contributed by atoms with Crippen LogP contribution < -0.4 is 4.74 Å². The van der Waals surface area contributed by atoms with Crippen LogP contribution in [0.1, 0.15) is 59.3 Å². The third-order valence-electron chi connectivity index (χ3n) is 5.84. The first-order valence-corrected chi connectivity index (χ1v) is 10.5. The highest BCUT2D eigenvalue weighted by Crippen LogP contribution is 2.39. The summed E-state index contributed by atoms with van der Waals surface area (Å²) in [5.41, 5.74) is 2.86. The molecule has 1 amide bonds. The Morgan fingerprint density at radius 3 is 2.67 bits per heavy atom. The van der Waals surface area contributed by atoms with Crippen LogP contribution in [-0.4, -0.2) is 60.1 Å². The summed E-state index contributed by atoms with van der Waals surface area (Å²) in [4.78, 5) is 32.0. The number of hydrogen-bond donors (Lipinski definition) is 0. The largest absolute Gasteiger partial charge is 0.477 e. The first-order valence-electron chi connectivity index (χ1n) is 10.5. The summed E-state index contributed by atoms with van der Waals surface area (Å²) >= 11 is 0. The third-order valence-corrected chi connectivity index (χ3v) is 5.84. The maximum Gasteiger partial charge on any atom is 0.293 e. The van der Waals surface area contributed by atoms with Gasteiger partial charge in [0.05, 0.1) is 12.3 Å². The molecule has 0 atom stereocenters. The van der Waals surface area contributed by atoms with Gasteiger partial charge in [0.2, 0.25) is 11.7 Å². The van der Waals surface area contributed by atoms with Crippen molar-refractivity contribution in [3.63, 3.8) is 0 Å². The molecule has 5 rings (SSSR count). The Balaban J connectivity index is 1.17. The predicted octanol–water partition coefficient (Wildman–Crippen LogP) is 2.34. The van der Waals surface area contributed by atoms with E-state index in [9.17, 15) is 4.79 Å². The maximum absolute atomic E-state index is 12.9. The summed E-state index contributed by atoms with van der Waals surface area (Å²) in [6, 6.07) is 3.88. The number of rotatable bonds is 5. The summed E-state index contributed by atoms with van der Waals surface area (Å²) < 4.78 is 7.54. The van der Waals surface area contributed by atoms with Gasteiger partial charge < -0.3 is 9.64 Å². The molecular weight excluding hydrogens is 382 g/mol. The quantitative estimate of drug-likeness (QED) is 0.640. The number of ether oxygens (including phenoxy) is 1. The third kappa shape index (κ3) is 3.83. The molecule has 0 radical (unpaired) electrons. The Bertz CT molecular complexity index is 1080. The Morgan fingerprint density at radius 1 is 1.10 bits per heavy atom. The van der Waals surface area contributed by atoms with Crippen molar-refractivity contribution in [1.82, 2.24) is 34.4 Å². The molecule has 0 bridgehead atoms. The van der Waals surface area contributed by atoms with Gasteiger partial charge in [0.25, 0.3) is 11.7 Å². The van der Waals surface area contributed by atoms with Gasteiger partial charge in [-0.25, -0.2) is 19.5 Å². The van der Waals surface area contributed by atoms with Crippen LogP contribution in [0.2, 0.25) is 0 Å². The molecule has 1 saturated heterocycles. The van der Waals surface area contributed by atoms with Crippen molar-refractivity contribution in [3.8, 4) is 5.88 Å². The summed E-state index contributed by atoms with van der Waals surface area (Å²) in [7, 11) is 0. The van der Waals surface area contributed by atoms with Gasteiger partial charge in [-0.05, 0) is 51.5 Å². The number of likely N-dealkylation sites (tertiary alicyclic amines) is 1. The average Bonchev–Trinajstić information content (AvgIpc) is 3.52. The van der Waals surface area contributed by atoms with Crippen LogP contribution in [0.5, 0.6) is 5.88 Å². The molecule has 2 fully saturated rings. The van der Waals surface area contributed by atoms with Gasteiger partial charge in [0.15, 0.2) is 0 Å². The minimum Gasteiger partial charge on any atom is -0.477 e. The second kappa shape index (κ2) is 7.62. The van der Waals surface area contributed by atoms with Crippen molar-refractivity contribution < 1.29 is 9.53 Å². The maximum atomic E-state index is 12.9. The molecule has 0 N–H and O–H groups in total. The molecule has 3 aromatic rings. The van der Waals surface area contributed by atoms with Crippen LogP contribution in [0.3, 0.4) is 0 Å². The van der Waals surface area contributed by atoms with E-state index in [0.717, 1.165) is 29.9 Å². The summed E-state index contributed by atoms with van der Waals surface area (Å²) in [6.07, 6.45) is 5.77. The minimum absolute atomic E-state index is 0.137. The molecule has 9 nitrogen and oxygen atoms in total. The lowest BCUT2D eigenvalue weighted by molar-refractivity contribution is 0.0647. The van der Waals surface area contributed by atoms with Crippen molar-refractivity contribution in [1.29, 1.82) is 0 Å². The fourth-order valence-electron chi connectivity index (χ4n) is 3.94. The van der Waals surface area contributed by atoms with Gasteiger partial charge in [-0.15, -0.1) is 5.10 Å². The summed E-state index contributed by atoms with van der Waals surface area (Å²) in [5.74, 6) is 2.17. The number of nitrogens with zero attached hydrogens (tertiary/aromatic N) is 7. The number of carbonyl (C=O) groups is 1. The van der Waals surface area contributed by atoms with E-state index in [1.165, 1.54) is 12.8 Å². The zero-order valence-corrected chi connectivity index (χ0v) is 17.3. The smallest absolute Gasteiger partial charge is 0.293 e. The molecule has 30 heavy (non-hydrogen) atoms. The van der Waals surface area contributed by atoms with Crippen molar-refractivity contribution >= 4 is 11.7 Å². The normalized spacial score (nSPS) is 17.5. The van der Waals surface area contributed by atoms with Gasteiger partial charge >= 0.3 is 0 Å². The van der Waals surface area contributed by atoms with E-state index >= 15 is 0 Å². The molecule has 3 aromatic heterocycles. The topological polar surface area (TPSA) is 98.4 Å². The molecule has 2 aliphatic rings. The van der Waals surface area contributed by atoms with Crippen LogP contribution in [0.25, 0.3) is 5.78 Å². The van der Waals surface area contributed by atoms with Gasteiger partial charge in [0.1, 0.15) is 6.33 Å². The Hall–Kier alpha value is -3.10. The average molecular weight is 407 g/mol. The second-order valence-electron chi connectivity index (χ2n) is 8.29. The molecule has 1 saturated carbocycles. The van der Waals surface area contributed by atoms with Crippen molar-refractivity contribution in [3.05, 3.63) is 41.4 Å². The number of aryl methyl sites for hydroxylation is 2. The van der Waals surface area contributed by atoms with Gasteiger partial charge in [-0.2, -0.15) is 4.98 Å². The van der Waals surface area contributed by atoms with Crippen LogP contribution in [0.4, 0.5) is 0 Å². The zero-order valence-electron chi connectivity index (χ0n) is 17.3. The first-order chi connectivity index (χ1) is 14.6. The van der Waals surface area contributed by atoms with E-state index in [-0.39, 0.29) is 11.7 Å². The zero-order chi connectivity index (χ0) is 20.7. The van der Waals surface area contributed by atoms with E-state index in [0.29, 0.717) is 43.2 Å². The van der Waals surface area contributed by atoms with Crippen molar-refractivity contribution in [2.75, 3.05) is 19.7 Å². The minimum atomic E-state index is -0.137. The van der Waals surface area contributed by atoms with E-state index in [4.69, 9.17) is 4.74 Å². The molecule has 156 valence electrons. The standard InChI is InChI=1S/C21H25N7O2/c1-13-9-14(2)28-21(24-13)25-19(26-28)20(29)27-7-5-15(6-8-27)11-30-18-10-17(16-3-4-16)22-12-23-18/h9-10,12,15-16H,3-8,11H2,1-2H3. The number of fused-ring (bicyclic) bond motifs is 1. The fourth-order valence-corrected chi connectivity index (χ4v) is 3.94. The molecule has 1 aliphatic heterocycles. The number of hydrogen-bond acceptors (Lipinski definition) is 7. The van der Waals surface area contributed by atoms with Gasteiger partial charge in [0, 0.05) is 36.5 Å². The number of piperidine rings is 1. The number of aromatic nitrogens is 6.